The van der Waals surface area contributed by atoms with Crippen LogP contribution >= 0.6 is 25.8 Å². The summed E-state index contributed by atoms with van der Waals surface area (Å²) in [7, 11) is 0. The predicted octanol–water partition coefficient (Wildman–Crippen LogP) is 3.18. The van der Waals surface area contributed by atoms with Crippen LogP contribution in [0.15, 0.2) is 0 Å². The van der Waals surface area contributed by atoms with Gasteiger partial charge in [-0.15, -0.1) is 0 Å². The van der Waals surface area contributed by atoms with Gasteiger partial charge in [-0.1, -0.05) is 27.2 Å². The van der Waals surface area contributed by atoms with E-state index in [1.54, 1.807) is 0 Å². The van der Waals surface area contributed by atoms with E-state index in [2.05, 4.69) is 46.5 Å². The van der Waals surface area contributed by atoms with E-state index in [4.69, 9.17) is 0 Å². The summed E-state index contributed by atoms with van der Waals surface area (Å²) in [6.45, 7) is 8.00. The van der Waals surface area contributed by atoms with Crippen molar-refractivity contribution < 1.29 is 0 Å². The van der Waals surface area contributed by atoms with Gasteiger partial charge in [0.25, 0.3) is 0 Å². The zero-order valence-electron chi connectivity index (χ0n) is 5.45. The van der Waals surface area contributed by atoms with Crippen molar-refractivity contribution >= 4 is 41.8 Å². The first-order valence-corrected chi connectivity index (χ1v) is 10.4. The summed E-state index contributed by atoms with van der Waals surface area (Å²) in [5, 5.41) is 0. The molecule has 0 saturated carbocycles. The highest BCUT2D eigenvalue weighted by Gasteiger charge is 1.80. The normalized spacial score (nSPS) is 7.25. The van der Waals surface area contributed by atoms with Gasteiger partial charge in [0, 0.05) is 0 Å². The molecule has 0 heterocycles. The number of rotatable bonds is 1. The number of hydrogen-bond acceptors (Lipinski definition) is 0. The molecular weight excluding hydrogens is 244 g/mol. The third-order valence-corrected chi connectivity index (χ3v) is 0.577. The summed E-state index contributed by atoms with van der Waals surface area (Å²) in [6, 6.07) is 0. The van der Waals surface area contributed by atoms with E-state index in [9.17, 15) is 0 Å². The zero-order valence-corrected chi connectivity index (χ0v) is 10.0. The van der Waals surface area contributed by atoms with Gasteiger partial charge >= 0.3 is 16.0 Å². The molecule has 0 saturated heterocycles. The zero-order chi connectivity index (χ0) is 6.99. The molecule has 0 aliphatic heterocycles. The maximum atomic E-state index is 3.69. The minimum Gasteiger partial charge on any atom is -0.280 e. The molecular formula is C5H11Br2Mg. The molecule has 1 radical (unpaired) electrons. The molecule has 8 heavy (non-hydrogen) atoms. The van der Waals surface area contributed by atoms with Crippen LogP contribution in [0.2, 0.25) is 0 Å². The molecule has 0 aromatic rings. The van der Waals surface area contributed by atoms with Crippen LogP contribution in [0.5, 0.6) is 0 Å². The van der Waals surface area contributed by atoms with Crippen molar-refractivity contribution in [3.05, 3.63) is 6.92 Å². The first-order valence-electron chi connectivity index (χ1n) is 2.60. The first kappa shape index (κ1) is 12.4. The SMILES string of the molecule is [Br][Mg][Br].[CH2]CC(C)C. The topological polar surface area (TPSA) is 0 Å². The molecule has 0 nitrogen and oxygen atoms in total. The molecule has 0 aliphatic carbocycles. The van der Waals surface area contributed by atoms with Crippen molar-refractivity contribution in [2.75, 3.05) is 0 Å². The summed E-state index contributed by atoms with van der Waals surface area (Å²) in [5.41, 5.74) is 0. The van der Waals surface area contributed by atoms with Crippen molar-refractivity contribution in [3.8, 4) is 0 Å². The first-order chi connectivity index (χ1) is 3.68. The third kappa shape index (κ3) is 25.2. The van der Waals surface area contributed by atoms with Crippen LogP contribution in [0.3, 0.4) is 0 Å². The van der Waals surface area contributed by atoms with Crippen molar-refractivity contribution in [2.45, 2.75) is 20.3 Å². The lowest BCUT2D eigenvalue weighted by molar-refractivity contribution is 0.661. The molecule has 0 aromatic heterocycles. The van der Waals surface area contributed by atoms with E-state index in [0.29, 0.717) is 0 Å². The van der Waals surface area contributed by atoms with Crippen LogP contribution in [-0.2, 0) is 0 Å². The van der Waals surface area contributed by atoms with E-state index in [0.717, 1.165) is 12.3 Å². The molecule has 0 spiro atoms. The molecule has 0 unspecified atom stereocenters. The minimum absolute atomic E-state index is 0.0417. The van der Waals surface area contributed by atoms with E-state index in [-0.39, 0.29) is 16.0 Å². The molecule has 0 amide bonds. The molecule has 0 rings (SSSR count). The van der Waals surface area contributed by atoms with Crippen molar-refractivity contribution in [2.24, 2.45) is 5.92 Å². The Morgan fingerprint density at radius 2 is 1.62 bits per heavy atom. The Balaban J connectivity index is 0. The van der Waals surface area contributed by atoms with E-state index >= 15 is 0 Å². The molecule has 0 fully saturated rings. The fraction of sp³-hybridized carbons (Fsp3) is 0.800. The molecule has 0 bridgehead atoms. The highest BCUT2D eigenvalue weighted by molar-refractivity contribution is 9.47. The standard InChI is InChI=1S/C5H11.2BrH.Mg/c1-4-5(2)3;;;/h5H,1,4H2,2-3H3;2*1H;/q;;;+2/p-2. The summed E-state index contributed by atoms with van der Waals surface area (Å²) in [4.78, 5) is 0. The van der Waals surface area contributed by atoms with Crippen molar-refractivity contribution in [1.82, 2.24) is 0 Å². The van der Waals surface area contributed by atoms with Crippen LogP contribution in [0.1, 0.15) is 20.3 Å². The molecule has 0 N–H and O–H groups in total. The van der Waals surface area contributed by atoms with Crippen molar-refractivity contribution in [1.29, 1.82) is 0 Å². The Labute approximate surface area is 74.3 Å². The van der Waals surface area contributed by atoms with Gasteiger partial charge in [-0.3, -0.25) is 25.8 Å². The summed E-state index contributed by atoms with van der Waals surface area (Å²) in [5.74, 6) is 0.773. The number of hydrogen-bond donors (Lipinski definition) is 0. The fourth-order valence-corrected chi connectivity index (χ4v) is 0. The Morgan fingerprint density at radius 1 is 1.50 bits per heavy atom. The van der Waals surface area contributed by atoms with Crippen molar-refractivity contribution in [3.63, 3.8) is 0 Å². The monoisotopic (exact) mass is 253 g/mol. The van der Waals surface area contributed by atoms with Gasteiger partial charge in [0.05, 0.1) is 0 Å². The Bertz CT molecular complexity index is 31.6. The lowest BCUT2D eigenvalue weighted by Gasteiger charge is -1.90. The van der Waals surface area contributed by atoms with Crippen LogP contribution in [0.25, 0.3) is 0 Å². The third-order valence-electron chi connectivity index (χ3n) is 0.577. The van der Waals surface area contributed by atoms with Gasteiger partial charge in [0.1, 0.15) is 0 Å². The molecule has 0 aromatic carbocycles. The average Bonchev–Trinajstić information content (AvgIpc) is 1.69. The molecule has 0 aliphatic rings. The summed E-state index contributed by atoms with van der Waals surface area (Å²) < 4.78 is 0. The second-order valence-corrected chi connectivity index (χ2v) is 9.86. The Morgan fingerprint density at radius 3 is 1.62 bits per heavy atom. The van der Waals surface area contributed by atoms with E-state index < -0.39 is 0 Å². The molecule has 47 valence electrons. The van der Waals surface area contributed by atoms with Crippen LogP contribution in [0.4, 0.5) is 0 Å². The number of halogens is 2. The smallest absolute Gasteiger partial charge is 0.280 e. The van der Waals surface area contributed by atoms with Gasteiger partial charge in [-0.05, 0) is 5.92 Å². The Kier molecular flexibility index (Phi) is 17.9. The highest BCUT2D eigenvalue weighted by atomic mass is 79.9. The highest BCUT2D eigenvalue weighted by Crippen LogP contribution is 1.93. The van der Waals surface area contributed by atoms with Gasteiger partial charge in [-0.25, -0.2) is 0 Å². The largest absolute Gasteiger partial charge is 0.560 e. The fourth-order valence-electron chi connectivity index (χ4n) is 0. The van der Waals surface area contributed by atoms with Gasteiger partial charge in [-0.2, -0.15) is 0 Å². The van der Waals surface area contributed by atoms with E-state index in [1.807, 2.05) is 0 Å². The minimum atomic E-state index is 0.0417. The second kappa shape index (κ2) is 11.5. The average molecular weight is 255 g/mol. The summed E-state index contributed by atoms with van der Waals surface area (Å²) >= 11 is 6.44. The van der Waals surface area contributed by atoms with Crippen LogP contribution < -0.4 is 0 Å². The quantitative estimate of drug-likeness (QED) is 0.631. The van der Waals surface area contributed by atoms with Gasteiger partial charge < -0.3 is 0 Å². The van der Waals surface area contributed by atoms with E-state index in [1.165, 1.54) is 0 Å². The molecule has 3 heteroatoms. The van der Waals surface area contributed by atoms with Crippen LogP contribution in [0, 0.1) is 12.8 Å². The Hall–Kier alpha value is 1.73. The second-order valence-electron chi connectivity index (χ2n) is 1.78. The predicted molar refractivity (Wildman–Crippen MR) is 48.4 cm³/mol. The maximum Gasteiger partial charge on any atom is 0.560 e. The molecule has 0 atom stereocenters. The van der Waals surface area contributed by atoms with Gasteiger partial charge in [0.15, 0.2) is 0 Å². The summed E-state index contributed by atoms with van der Waals surface area (Å²) in [6.07, 6.45) is 1.06. The maximum absolute atomic E-state index is 3.69. The lowest BCUT2D eigenvalue weighted by atomic mass is 10.2. The van der Waals surface area contributed by atoms with Gasteiger partial charge in [0.2, 0.25) is 0 Å². The lowest BCUT2D eigenvalue weighted by Crippen LogP contribution is -1.77. The van der Waals surface area contributed by atoms with Crippen LogP contribution in [-0.4, -0.2) is 16.0 Å².